The van der Waals surface area contributed by atoms with Gasteiger partial charge in [0.2, 0.25) is 0 Å². The van der Waals surface area contributed by atoms with Crippen molar-refractivity contribution in [3.8, 4) is 11.5 Å². The number of phenols is 1. The molecule has 0 radical (unpaired) electrons. The number of amides is 1. The van der Waals surface area contributed by atoms with E-state index in [1.54, 1.807) is 23.1 Å². The number of para-hydroxylation sites is 1. The fourth-order valence-corrected chi connectivity index (χ4v) is 3.36. The minimum Gasteiger partial charge on any atom is -0.504 e. The molecule has 0 saturated heterocycles. The smallest absolute Gasteiger partial charge is 0.258 e. The predicted molar refractivity (Wildman–Crippen MR) is 104 cm³/mol. The lowest BCUT2D eigenvalue weighted by Crippen LogP contribution is -2.42. The van der Waals surface area contributed by atoms with E-state index >= 15 is 0 Å². The van der Waals surface area contributed by atoms with Crippen molar-refractivity contribution in [2.45, 2.75) is 12.7 Å². The van der Waals surface area contributed by atoms with Gasteiger partial charge in [0.1, 0.15) is 6.17 Å². The number of phenolic OH excluding ortho intramolecular Hbond substituents is 1. The first kappa shape index (κ1) is 17.0. The molecule has 5 nitrogen and oxygen atoms in total. The molecule has 4 rings (SSSR count). The van der Waals surface area contributed by atoms with Gasteiger partial charge in [-0.25, -0.2) is 0 Å². The fourth-order valence-electron chi connectivity index (χ4n) is 3.36. The molecule has 3 aromatic carbocycles. The van der Waals surface area contributed by atoms with E-state index in [-0.39, 0.29) is 17.8 Å². The number of rotatable bonds is 4. The molecule has 27 heavy (non-hydrogen) atoms. The summed E-state index contributed by atoms with van der Waals surface area (Å²) in [4.78, 5) is 15.0. The van der Waals surface area contributed by atoms with Gasteiger partial charge in [-0.15, -0.1) is 0 Å². The normalized spacial score (nSPS) is 15.8. The molecule has 5 heteroatoms. The predicted octanol–water partition coefficient (Wildman–Crippen LogP) is 4.17. The highest BCUT2D eigenvalue weighted by Gasteiger charge is 2.33. The Bertz CT molecular complexity index is 972. The molecule has 0 saturated carbocycles. The van der Waals surface area contributed by atoms with E-state index in [1.165, 1.54) is 7.11 Å². The summed E-state index contributed by atoms with van der Waals surface area (Å²) in [6, 6.07) is 22.5. The van der Waals surface area contributed by atoms with Crippen LogP contribution in [0.2, 0.25) is 0 Å². The highest BCUT2D eigenvalue weighted by atomic mass is 16.5. The second-order valence-electron chi connectivity index (χ2n) is 6.44. The highest BCUT2D eigenvalue weighted by Crippen LogP contribution is 2.37. The molecule has 136 valence electrons. The first-order valence-corrected chi connectivity index (χ1v) is 8.75. The largest absolute Gasteiger partial charge is 0.504 e. The summed E-state index contributed by atoms with van der Waals surface area (Å²) in [6.45, 7) is 0.467. The number of fused-ring (bicyclic) bond motifs is 1. The van der Waals surface area contributed by atoms with Crippen LogP contribution >= 0.6 is 0 Å². The van der Waals surface area contributed by atoms with E-state index in [0.29, 0.717) is 17.9 Å². The Hall–Kier alpha value is -3.47. The Labute approximate surface area is 157 Å². The van der Waals surface area contributed by atoms with Gasteiger partial charge < -0.3 is 20.1 Å². The average Bonchev–Trinajstić information content (AvgIpc) is 2.71. The Balaban J connectivity index is 1.77. The van der Waals surface area contributed by atoms with Crippen LogP contribution in [0.4, 0.5) is 5.69 Å². The second kappa shape index (κ2) is 7.03. The third-order valence-corrected chi connectivity index (χ3v) is 4.74. The van der Waals surface area contributed by atoms with Gasteiger partial charge in [-0.3, -0.25) is 4.79 Å². The minimum absolute atomic E-state index is 0.0368. The second-order valence-corrected chi connectivity index (χ2v) is 6.44. The zero-order chi connectivity index (χ0) is 18.8. The number of hydrogen-bond donors (Lipinski definition) is 2. The van der Waals surface area contributed by atoms with Crippen LogP contribution in [0, 0.1) is 0 Å². The van der Waals surface area contributed by atoms with Crippen molar-refractivity contribution in [2.75, 3.05) is 12.4 Å². The number of carbonyl (C=O) groups is 1. The summed E-state index contributed by atoms with van der Waals surface area (Å²) in [5.41, 5.74) is 3.32. The molecule has 3 aromatic rings. The van der Waals surface area contributed by atoms with Gasteiger partial charge in [0.05, 0.1) is 12.7 Å². The maximum atomic E-state index is 13.2. The van der Waals surface area contributed by atoms with Gasteiger partial charge >= 0.3 is 0 Å². The van der Waals surface area contributed by atoms with Crippen molar-refractivity contribution in [3.05, 3.63) is 89.5 Å². The SMILES string of the molecule is COc1cc([C@@H]2Nc3ccccc3C(=O)N2Cc2ccccc2)ccc1O. The lowest BCUT2D eigenvalue weighted by Gasteiger charge is -2.38. The standard InChI is InChI=1S/C22H20N2O3/c1-27-20-13-16(11-12-19(20)25)21-23-18-10-6-5-9-17(18)22(26)24(21)14-15-7-3-2-4-8-15/h2-13,21,23,25H,14H2,1H3/t21-/m1/s1. The summed E-state index contributed by atoms with van der Waals surface area (Å²) >= 11 is 0. The molecule has 1 heterocycles. The number of aromatic hydroxyl groups is 1. The van der Waals surface area contributed by atoms with Crippen molar-refractivity contribution < 1.29 is 14.6 Å². The van der Waals surface area contributed by atoms with Gasteiger partial charge in [-0.05, 0) is 35.4 Å². The van der Waals surface area contributed by atoms with Crippen LogP contribution in [-0.2, 0) is 6.54 Å². The number of ether oxygens (including phenoxy) is 1. The van der Waals surface area contributed by atoms with Crippen LogP contribution in [0.25, 0.3) is 0 Å². The van der Waals surface area contributed by atoms with Gasteiger partial charge in [-0.2, -0.15) is 0 Å². The van der Waals surface area contributed by atoms with Crippen LogP contribution in [0.5, 0.6) is 11.5 Å². The van der Waals surface area contributed by atoms with Crippen LogP contribution < -0.4 is 10.1 Å². The average molecular weight is 360 g/mol. The zero-order valence-electron chi connectivity index (χ0n) is 14.9. The Morgan fingerprint density at radius 2 is 1.78 bits per heavy atom. The monoisotopic (exact) mass is 360 g/mol. The van der Waals surface area contributed by atoms with E-state index in [4.69, 9.17) is 4.74 Å². The number of carbonyl (C=O) groups excluding carboxylic acids is 1. The van der Waals surface area contributed by atoms with E-state index in [1.807, 2.05) is 54.6 Å². The first-order valence-electron chi connectivity index (χ1n) is 8.75. The maximum Gasteiger partial charge on any atom is 0.258 e. The minimum atomic E-state index is -0.373. The molecule has 1 aliphatic rings. The lowest BCUT2D eigenvalue weighted by atomic mass is 10.0. The van der Waals surface area contributed by atoms with Gasteiger partial charge in [-0.1, -0.05) is 48.5 Å². The van der Waals surface area contributed by atoms with E-state index < -0.39 is 0 Å². The Kier molecular flexibility index (Phi) is 4.42. The molecule has 2 N–H and O–H groups in total. The van der Waals surface area contributed by atoms with Crippen LogP contribution in [0.3, 0.4) is 0 Å². The van der Waals surface area contributed by atoms with Gasteiger partial charge in [0.15, 0.2) is 11.5 Å². The Morgan fingerprint density at radius 3 is 2.56 bits per heavy atom. The van der Waals surface area contributed by atoms with Crippen LogP contribution in [-0.4, -0.2) is 23.0 Å². The molecular weight excluding hydrogens is 340 g/mol. The maximum absolute atomic E-state index is 13.2. The van der Waals surface area contributed by atoms with E-state index in [0.717, 1.165) is 16.8 Å². The van der Waals surface area contributed by atoms with Gasteiger partial charge in [0, 0.05) is 12.2 Å². The zero-order valence-corrected chi connectivity index (χ0v) is 14.9. The number of methoxy groups -OCH3 is 1. The number of benzene rings is 3. The van der Waals surface area contributed by atoms with Crippen molar-refractivity contribution in [3.63, 3.8) is 0 Å². The van der Waals surface area contributed by atoms with E-state index in [2.05, 4.69) is 5.32 Å². The molecule has 1 atom stereocenters. The third kappa shape index (κ3) is 3.19. The third-order valence-electron chi connectivity index (χ3n) is 4.74. The molecule has 0 aliphatic carbocycles. The van der Waals surface area contributed by atoms with Crippen molar-refractivity contribution in [2.24, 2.45) is 0 Å². The molecule has 0 aromatic heterocycles. The van der Waals surface area contributed by atoms with E-state index in [9.17, 15) is 9.90 Å². The topological polar surface area (TPSA) is 61.8 Å². The molecule has 1 aliphatic heterocycles. The molecule has 1 amide bonds. The molecule has 0 bridgehead atoms. The number of anilines is 1. The van der Waals surface area contributed by atoms with Crippen molar-refractivity contribution in [1.82, 2.24) is 4.90 Å². The van der Waals surface area contributed by atoms with Crippen molar-refractivity contribution in [1.29, 1.82) is 0 Å². The quantitative estimate of drug-likeness (QED) is 0.733. The molecule has 0 unspecified atom stereocenters. The van der Waals surface area contributed by atoms with Crippen molar-refractivity contribution >= 4 is 11.6 Å². The molecular formula is C22H20N2O3. The summed E-state index contributed by atoms with van der Waals surface area (Å²) in [5.74, 6) is 0.406. The Morgan fingerprint density at radius 1 is 1.04 bits per heavy atom. The summed E-state index contributed by atoms with van der Waals surface area (Å²) in [5, 5.41) is 13.4. The summed E-state index contributed by atoms with van der Waals surface area (Å²) < 4.78 is 5.25. The molecule has 0 fully saturated rings. The first-order chi connectivity index (χ1) is 13.2. The summed E-state index contributed by atoms with van der Waals surface area (Å²) in [7, 11) is 1.51. The number of nitrogens with one attached hydrogen (secondary N) is 1. The highest BCUT2D eigenvalue weighted by molar-refractivity contribution is 6.01. The van der Waals surface area contributed by atoms with Crippen LogP contribution in [0.15, 0.2) is 72.8 Å². The summed E-state index contributed by atoms with van der Waals surface area (Å²) in [6.07, 6.45) is -0.373. The lowest BCUT2D eigenvalue weighted by molar-refractivity contribution is 0.0666. The molecule has 0 spiro atoms. The van der Waals surface area contributed by atoms with Crippen LogP contribution in [0.1, 0.15) is 27.7 Å². The number of hydrogen-bond acceptors (Lipinski definition) is 4. The van der Waals surface area contributed by atoms with Gasteiger partial charge in [0.25, 0.3) is 5.91 Å². The fraction of sp³-hybridized carbons (Fsp3) is 0.136. The number of nitrogens with zero attached hydrogens (tertiary/aromatic N) is 1.